The van der Waals surface area contributed by atoms with Gasteiger partial charge in [-0.25, -0.2) is 0 Å². The second-order valence-corrected chi connectivity index (χ2v) is 7.39. The largest absolute Gasteiger partial charge is 0.481 e. The molecule has 0 aliphatic heterocycles. The molecule has 0 aromatic heterocycles. The van der Waals surface area contributed by atoms with Gasteiger partial charge in [-0.1, -0.05) is 20.8 Å². The maximum absolute atomic E-state index is 12.2. The van der Waals surface area contributed by atoms with Crippen molar-refractivity contribution in [2.24, 2.45) is 17.3 Å². The summed E-state index contributed by atoms with van der Waals surface area (Å²) in [6.45, 7) is 9.74. The van der Waals surface area contributed by atoms with E-state index in [4.69, 9.17) is 4.74 Å². The number of aliphatic carboxylic acids is 1. The highest BCUT2D eigenvalue weighted by atomic mass is 16.5. The summed E-state index contributed by atoms with van der Waals surface area (Å²) in [7, 11) is 1.59. The van der Waals surface area contributed by atoms with Crippen LogP contribution >= 0.6 is 0 Å². The van der Waals surface area contributed by atoms with Gasteiger partial charge in [0.05, 0.1) is 17.9 Å². The molecule has 0 aromatic carbocycles. The first-order valence-corrected chi connectivity index (χ1v) is 7.58. The van der Waals surface area contributed by atoms with Crippen molar-refractivity contribution in [1.29, 1.82) is 0 Å². The molecule has 0 heterocycles. The van der Waals surface area contributed by atoms with Crippen LogP contribution in [0.2, 0.25) is 0 Å². The Morgan fingerprint density at radius 3 is 2.38 bits per heavy atom. The van der Waals surface area contributed by atoms with E-state index in [1.807, 2.05) is 34.6 Å². The Bertz CT molecular complexity index is 403. The Morgan fingerprint density at radius 1 is 1.33 bits per heavy atom. The molecule has 0 spiro atoms. The Balaban J connectivity index is 2.70. The van der Waals surface area contributed by atoms with Crippen LogP contribution in [0.3, 0.4) is 0 Å². The van der Waals surface area contributed by atoms with Crippen LogP contribution in [0.25, 0.3) is 0 Å². The Labute approximate surface area is 127 Å². The van der Waals surface area contributed by atoms with E-state index in [0.29, 0.717) is 19.3 Å². The molecule has 3 unspecified atom stereocenters. The van der Waals surface area contributed by atoms with Gasteiger partial charge in [0.2, 0.25) is 5.91 Å². The Hall–Kier alpha value is -1.10. The van der Waals surface area contributed by atoms with Gasteiger partial charge in [-0.3, -0.25) is 9.59 Å². The number of carbonyl (C=O) groups excluding carboxylic acids is 1. The minimum Gasteiger partial charge on any atom is -0.481 e. The summed E-state index contributed by atoms with van der Waals surface area (Å²) in [4.78, 5) is 23.5. The first kappa shape index (κ1) is 18.0. The Morgan fingerprint density at radius 2 is 1.90 bits per heavy atom. The summed E-state index contributed by atoms with van der Waals surface area (Å²) in [5.74, 6) is -1.02. The lowest BCUT2D eigenvalue weighted by Gasteiger charge is -2.46. The van der Waals surface area contributed by atoms with Gasteiger partial charge in [0.1, 0.15) is 0 Å². The van der Waals surface area contributed by atoms with Gasteiger partial charge in [-0.05, 0) is 38.0 Å². The summed E-state index contributed by atoms with van der Waals surface area (Å²) in [6.07, 6.45) is 1.61. The van der Waals surface area contributed by atoms with Crippen LogP contribution in [0.15, 0.2) is 0 Å². The van der Waals surface area contributed by atoms with E-state index < -0.39 is 11.6 Å². The number of carboxylic acids is 1. The summed E-state index contributed by atoms with van der Waals surface area (Å²) in [5, 5.41) is 12.4. The molecule has 1 aliphatic rings. The van der Waals surface area contributed by atoms with Crippen LogP contribution < -0.4 is 5.32 Å². The fourth-order valence-electron chi connectivity index (χ4n) is 3.16. The number of carboxylic acid groups (broad SMARTS) is 1. The zero-order valence-electron chi connectivity index (χ0n) is 14.0. The maximum Gasteiger partial charge on any atom is 0.307 e. The summed E-state index contributed by atoms with van der Waals surface area (Å²) >= 11 is 0. The standard InChI is InChI=1S/C16H29NO4/c1-10-12(17-13(18)9-15(2,3)21-6)8-7-11(14(19)20)16(10,4)5/h10-12H,7-9H2,1-6H3,(H,17,18)(H,19,20). The second-order valence-electron chi connectivity index (χ2n) is 7.39. The lowest BCUT2D eigenvalue weighted by molar-refractivity contribution is -0.150. The third-order valence-electron chi connectivity index (χ3n) is 5.22. The number of nitrogens with one attached hydrogen (secondary N) is 1. The number of amides is 1. The van der Waals surface area contributed by atoms with Crippen LogP contribution in [0.4, 0.5) is 0 Å². The van der Waals surface area contributed by atoms with Crippen molar-refractivity contribution in [1.82, 2.24) is 5.32 Å². The zero-order valence-corrected chi connectivity index (χ0v) is 14.0. The zero-order chi connectivity index (χ0) is 16.4. The second kappa shape index (κ2) is 6.34. The van der Waals surface area contributed by atoms with Crippen molar-refractivity contribution in [3.63, 3.8) is 0 Å². The molecule has 5 nitrogen and oxygen atoms in total. The SMILES string of the molecule is COC(C)(C)CC(=O)NC1CCC(C(=O)O)C(C)(C)C1C. The summed E-state index contributed by atoms with van der Waals surface area (Å²) in [6, 6.07) is 0.0238. The maximum atomic E-state index is 12.2. The van der Waals surface area contributed by atoms with Crippen molar-refractivity contribution in [3.05, 3.63) is 0 Å². The Kier molecular flexibility index (Phi) is 5.42. The van der Waals surface area contributed by atoms with E-state index in [1.165, 1.54) is 0 Å². The first-order valence-electron chi connectivity index (χ1n) is 7.58. The van der Waals surface area contributed by atoms with Crippen molar-refractivity contribution in [3.8, 4) is 0 Å². The van der Waals surface area contributed by atoms with Gasteiger partial charge >= 0.3 is 5.97 Å². The van der Waals surface area contributed by atoms with E-state index in [-0.39, 0.29) is 29.2 Å². The lowest BCUT2D eigenvalue weighted by Crippen LogP contribution is -2.53. The molecule has 3 atom stereocenters. The number of methoxy groups -OCH3 is 1. The molecule has 0 saturated heterocycles. The fourth-order valence-corrected chi connectivity index (χ4v) is 3.16. The van der Waals surface area contributed by atoms with Gasteiger partial charge in [0.15, 0.2) is 0 Å². The monoisotopic (exact) mass is 299 g/mol. The smallest absolute Gasteiger partial charge is 0.307 e. The van der Waals surface area contributed by atoms with Crippen LogP contribution in [0.1, 0.15) is 53.9 Å². The van der Waals surface area contributed by atoms with E-state index in [0.717, 1.165) is 0 Å². The van der Waals surface area contributed by atoms with Crippen LogP contribution in [0, 0.1) is 17.3 Å². The van der Waals surface area contributed by atoms with Gasteiger partial charge in [0.25, 0.3) is 0 Å². The fraction of sp³-hybridized carbons (Fsp3) is 0.875. The summed E-state index contributed by atoms with van der Waals surface area (Å²) in [5.41, 5.74) is -0.820. The van der Waals surface area contributed by atoms with Crippen LogP contribution in [-0.2, 0) is 14.3 Å². The van der Waals surface area contributed by atoms with E-state index in [9.17, 15) is 14.7 Å². The van der Waals surface area contributed by atoms with E-state index >= 15 is 0 Å². The molecule has 122 valence electrons. The number of hydrogen-bond donors (Lipinski definition) is 2. The van der Waals surface area contributed by atoms with Gasteiger partial charge < -0.3 is 15.2 Å². The average molecular weight is 299 g/mol. The van der Waals surface area contributed by atoms with Crippen LogP contribution in [0.5, 0.6) is 0 Å². The molecule has 1 aliphatic carbocycles. The predicted octanol–water partition coefficient (Wildman–Crippen LogP) is 2.44. The third kappa shape index (κ3) is 4.19. The molecule has 1 amide bonds. The first-order chi connectivity index (χ1) is 9.51. The van der Waals surface area contributed by atoms with Crippen molar-refractivity contribution in [2.75, 3.05) is 7.11 Å². The van der Waals surface area contributed by atoms with Crippen molar-refractivity contribution < 1.29 is 19.4 Å². The topological polar surface area (TPSA) is 75.6 Å². The van der Waals surface area contributed by atoms with E-state index in [1.54, 1.807) is 7.11 Å². The molecule has 1 saturated carbocycles. The van der Waals surface area contributed by atoms with Crippen molar-refractivity contribution in [2.45, 2.75) is 65.5 Å². The molecule has 0 aromatic rings. The average Bonchev–Trinajstić information content (AvgIpc) is 2.34. The minimum atomic E-state index is -0.739. The van der Waals surface area contributed by atoms with Gasteiger partial charge in [-0.15, -0.1) is 0 Å². The highest BCUT2D eigenvalue weighted by molar-refractivity contribution is 5.77. The summed E-state index contributed by atoms with van der Waals surface area (Å²) < 4.78 is 5.28. The highest BCUT2D eigenvalue weighted by Gasteiger charge is 2.46. The normalized spacial score (nSPS) is 29.0. The number of ether oxygens (including phenoxy) is 1. The predicted molar refractivity (Wildman–Crippen MR) is 80.9 cm³/mol. The number of rotatable bonds is 5. The molecule has 0 bridgehead atoms. The molecule has 1 rings (SSSR count). The molecule has 21 heavy (non-hydrogen) atoms. The number of hydrogen-bond acceptors (Lipinski definition) is 3. The molecule has 1 fully saturated rings. The van der Waals surface area contributed by atoms with Gasteiger partial charge in [-0.2, -0.15) is 0 Å². The highest BCUT2D eigenvalue weighted by Crippen LogP contribution is 2.45. The minimum absolute atomic E-state index is 0.0238. The number of carbonyl (C=O) groups is 2. The van der Waals surface area contributed by atoms with Crippen LogP contribution in [-0.4, -0.2) is 35.7 Å². The molecule has 5 heteroatoms. The molecular formula is C16H29NO4. The third-order valence-corrected chi connectivity index (χ3v) is 5.22. The molecular weight excluding hydrogens is 270 g/mol. The lowest BCUT2D eigenvalue weighted by atomic mass is 9.61. The molecule has 2 N–H and O–H groups in total. The molecule has 0 radical (unpaired) electrons. The quantitative estimate of drug-likeness (QED) is 0.817. The van der Waals surface area contributed by atoms with Gasteiger partial charge in [0, 0.05) is 13.2 Å². The van der Waals surface area contributed by atoms with E-state index in [2.05, 4.69) is 5.32 Å². The van der Waals surface area contributed by atoms with Crippen molar-refractivity contribution >= 4 is 11.9 Å².